The Morgan fingerprint density at radius 1 is 1.48 bits per heavy atom. The van der Waals surface area contributed by atoms with E-state index in [0.29, 0.717) is 19.7 Å². The first kappa shape index (κ1) is 14.1. The van der Waals surface area contributed by atoms with Gasteiger partial charge in [0, 0.05) is 43.1 Å². The molecule has 0 saturated carbocycles. The molecule has 1 aromatic carbocycles. The lowest BCUT2D eigenvalue weighted by Crippen LogP contribution is -2.32. The number of aromatic nitrogens is 1. The van der Waals surface area contributed by atoms with Gasteiger partial charge < -0.3 is 9.64 Å². The predicted molar refractivity (Wildman–Crippen MR) is 83.0 cm³/mol. The number of thiazole rings is 1. The van der Waals surface area contributed by atoms with Crippen molar-refractivity contribution in [2.45, 2.75) is 19.8 Å². The van der Waals surface area contributed by atoms with Gasteiger partial charge in [0.1, 0.15) is 5.75 Å². The second-order valence-electron chi connectivity index (χ2n) is 4.98. The highest BCUT2D eigenvalue weighted by Gasteiger charge is 2.18. The first-order valence-corrected chi connectivity index (χ1v) is 8.09. The topological polar surface area (TPSA) is 42.4 Å². The number of hydrogen-bond donors (Lipinski definition) is 0. The Labute approximate surface area is 128 Å². The Bertz CT molecular complexity index is 625. The number of carbonyl (C=O) groups excluding carboxylic acids is 1. The molecule has 3 rings (SSSR count). The van der Waals surface area contributed by atoms with Crippen LogP contribution in [0.15, 0.2) is 29.8 Å². The molecule has 0 radical (unpaired) electrons. The molecule has 1 amide bonds. The minimum absolute atomic E-state index is 0.0868. The van der Waals surface area contributed by atoms with Crippen molar-refractivity contribution in [1.82, 2.24) is 9.88 Å². The summed E-state index contributed by atoms with van der Waals surface area (Å²) in [6, 6.07) is 5.74. The molecule has 1 aromatic heterocycles. The summed E-state index contributed by atoms with van der Waals surface area (Å²) in [4.78, 5) is 18.7. The van der Waals surface area contributed by atoms with Crippen LogP contribution in [0.4, 0.5) is 0 Å². The van der Waals surface area contributed by atoms with Gasteiger partial charge in [-0.3, -0.25) is 4.79 Å². The number of nitrogens with zero attached hydrogens (tertiary/aromatic N) is 2. The molecule has 5 heteroatoms. The first-order valence-electron chi connectivity index (χ1n) is 7.21. The third-order valence-electron chi connectivity index (χ3n) is 3.68. The molecular formula is C16H18N2O2S. The van der Waals surface area contributed by atoms with Crippen molar-refractivity contribution in [1.29, 1.82) is 0 Å². The van der Waals surface area contributed by atoms with Gasteiger partial charge in [0.2, 0.25) is 0 Å². The molecule has 110 valence electrons. The predicted octanol–water partition coefficient (Wildman–Crippen LogP) is 2.78. The lowest BCUT2D eigenvalue weighted by atomic mass is 10.1. The molecule has 0 unspecified atom stereocenters. The van der Waals surface area contributed by atoms with Gasteiger partial charge in [-0.25, -0.2) is 4.98 Å². The molecule has 0 spiro atoms. The SMILES string of the molecule is CCN(CCc1nccs1)C(=O)c1ccc2c(c1)CCO2. The molecule has 1 aliphatic heterocycles. The Morgan fingerprint density at radius 3 is 3.14 bits per heavy atom. The van der Waals surface area contributed by atoms with E-state index in [2.05, 4.69) is 4.98 Å². The molecule has 21 heavy (non-hydrogen) atoms. The summed E-state index contributed by atoms with van der Waals surface area (Å²) in [5.74, 6) is 1.00. The lowest BCUT2D eigenvalue weighted by molar-refractivity contribution is 0.0766. The number of fused-ring (bicyclic) bond motifs is 1. The van der Waals surface area contributed by atoms with Crippen molar-refractivity contribution in [3.63, 3.8) is 0 Å². The van der Waals surface area contributed by atoms with Crippen molar-refractivity contribution in [3.8, 4) is 5.75 Å². The van der Waals surface area contributed by atoms with Gasteiger partial charge in [0.05, 0.1) is 11.6 Å². The van der Waals surface area contributed by atoms with Crippen molar-refractivity contribution < 1.29 is 9.53 Å². The zero-order valence-electron chi connectivity index (χ0n) is 12.0. The Balaban J connectivity index is 1.69. The molecule has 0 atom stereocenters. The molecule has 2 heterocycles. The maximum Gasteiger partial charge on any atom is 0.253 e. The van der Waals surface area contributed by atoms with Crippen LogP contribution in [0.2, 0.25) is 0 Å². The average molecular weight is 302 g/mol. The minimum Gasteiger partial charge on any atom is -0.493 e. The van der Waals surface area contributed by atoms with Crippen molar-refractivity contribution >= 4 is 17.2 Å². The molecular weight excluding hydrogens is 284 g/mol. The van der Waals surface area contributed by atoms with E-state index in [9.17, 15) is 4.79 Å². The van der Waals surface area contributed by atoms with E-state index in [1.807, 2.05) is 35.4 Å². The van der Waals surface area contributed by atoms with Gasteiger partial charge in [-0.15, -0.1) is 11.3 Å². The van der Waals surface area contributed by atoms with Gasteiger partial charge >= 0.3 is 0 Å². The minimum atomic E-state index is 0.0868. The number of amides is 1. The number of carbonyl (C=O) groups is 1. The van der Waals surface area contributed by atoms with E-state index in [-0.39, 0.29) is 5.91 Å². The van der Waals surface area contributed by atoms with Crippen molar-refractivity contribution in [2.24, 2.45) is 0 Å². The van der Waals surface area contributed by atoms with E-state index in [1.54, 1.807) is 17.5 Å². The smallest absolute Gasteiger partial charge is 0.253 e. The lowest BCUT2D eigenvalue weighted by Gasteiger charge is -2.20. The van der Waals surface area contributed by atoms with Crippen LogP contribution in [-0.2, 0) is 12.8 Å². The first-order chi connectivity index (χ1) is 10.3. The molecule has 4 nitrogen and oxygen atoms in total. The van der Waals surface area contributed by atoms with Gasteiger partial charge in [-0.1, -0.05) is 0 Å². The second-order valence-corrected chi connectivity index (χ2v) is 5.96. The maximum absolute atomic E-state index is 12.6. The van der Waals surface area contributed by atoms with Crippen LogP contribution in [0.1, 0.15) is 27.9 Å². The van der Waals surface area contributed by atoms with Crippen LogP contribution < -0.4 is 4.74 Å². The fraction of sp³-hybridized carbons (Fsp3) is 0.375. The molecule has 2 aromatic rings. The maximum atomic E-state index is 12.6. The normalized spacial score (nSPS) is 12.8. The third kappa shape index (κ3) is 3.08. The quantitative estimate of drug-likeness (QED) is 0.853. The van der Waals surface area contributed by atoms with Crippen LogP contribution in [-0.4, -0.2) is 35.5 Å². The fourth-order valence-electron chi connectivity index (χ4n) is 2.51. The van der Waals surface area contributed by atoms with Crippen molar-refractivity contribution in [2.75, 3.05) is 19.7 Å². The zero-order valence-corrected chi connectivity index (χ0v) is 12.9. The number of likely N-dealkylation sites (N-methyl/N-ethyl adjacent to an activating group) is 1. The summed E-state index contributed by atoms with van der Waals surface area (Å²) in [6.45, 7) is 4.14. The molecule has 0 bridgehead atoms. The summed E-state index contributed by atoms with van der Waals surface area (Å²) in [6.07, 6.45) is 3.51. The largest absolute Gasteiger partial charge is 0.493 e. The third-order valence-corrected chi connectivity index (χ3v) is 4.52. The summed E-state index contributed by atoms with van der Waals surface area (Å²) in [7, 11) is 0. The number of ether oxygens (including phenoxy) is 1. The number of benzene rings is 1. The van der Waals surface area contributed by atoms with Gasteiger partial charge in [-0.05, 0) is 30.7 Å². The summed E-state index contributed by atoms with van der Waals surface area (Å²) in [5, 5.41) is 3.04. The highest BCUT2D eigenvalue weighted by Crippen LogP contribution is 2.26. The Morgan fingerprint density at radius 2 is 2.38 bits per heavy atom. The molecule has 1 aliphatic rings. The molecule has 0 saturated heterocycles. The molecule has 0 fully saturated rings. The van der Waals surface area contributed by atoms with Gasteiger partial charge in [0.15, 0.2) is 0 Å². The van der Waals surface area contributed by atoms with Crippen LogP contribution in [0.3, 0.4) is 0 Å². The van der Waals surface area contributed by atoms with E-state index < -0.39 is 0 Å². The number of rotatable bonds is 5. The summed E-state index contributed by atoms with van der Waals surface area (Å²) < 4.78 is 5.48. The van der Waals surface area contributed by atoms with Crippen molar-refractivity contribution in [3.05, 3.63) is 45.9 Å². The standard InChI is InChI=1S/C16H18N2O2S/c1-2-18(8-5-15-17-7-10-21-15)16(19)13-3-4-14-12(11-13)6-9-20-14/h3-4,7,10-11H,2,5-6,8-9H2,1H3. The molecule has 0 aliphatic carbocycles. The van der Waals surface area contributed by atoms with Crippen LogP contribution in [0.25, 0.3) is 0 Å². The number of hydrogen-bond acceptors (Lipinski definition) is 4. The van der Waals surface area contributed by atoms with E-state index in [4.69, 9.17) is 4.74 Å². The van der Waals surface area contributed by atoms with E-state index in [1.165, 1.54) is 0 Å². The highest BCUT2D eigenvalue weighted by atomic mass is 32.1. The monoisotopic (exact) mass is 302 g/mol. The van der Waals surface area contributed by atoms with E-state index in [0.717, 1.165) is 34.7 Å². The summed E-state index contributed by atoms with van der Waals surface area (Å²) in [5.41, 5.74) is 1.89. The second kappa shape index (κ2) is 6.26. The Kier molecular flexibility index (Phi) is 4.20. The van der Waals surface area contributed by atoms with Crippen LogP contribution in [0, 0.1) is 0 Å². The van der Waals surface area contributed by atoms with Gasteiger partial charge in [0.25, 0.3) is 5.91 Å². The van der Waals surface area contributed by atoms with E-state index >= 15 is 0 Å². The van der Waals surface area contributed by atoms with Crippen LogP contribution in [0.5, 0.6) is 5.75 Å². The Hall–Kier alpha value is -1.88. The highest BCUT2D eigenvalue weighted by molar-refractivity contribution is 7.09. The van der Waals surface area contributed by atoms with Crippen LogP contribution >= 0.6 is 11.3 Å². The fourth-order valence-corrected chi connectivity index (χ4v) is 3.12. The molecule has 0 N–H and O–H groups in total. The zero-order chi connectivity index (χ0) is 14.7. The van der Waals surface area contributed by atoms with Gasteiger partial charge in [-0.2, -0.15) is 0 Å². The summed E-state index contributed by atoms with van der Waals surface area (Å²) >= 11 is 1.63. The average Bonchev–Trinajstić information content (AvgIpc) is 3.18.